The summed E-state index contributed by atoms with van der Waals surface area (Å²) in [5.41, 5.74) is 6.98. The highest BCUT2D eigenvalue weighted by atomic mass is 35.5. The lowest BCUT2D eigenvalue weighted by Gasteiger charge is -2.36. The van der Waals surface area contributed by atoms with Gasteiger partial charge in [0.05, 0.1) is 18.3 Å². The van der Waals surface area contributed by atoms with Gasteiger partial charge < -0.3 is 36.1 Å². The van der Waals surface area contributed by atoms with Crippen LogP contribution in [0.3, 0.4) is 0 Å². The number of carbonyl (C=O) groups excluding carboxylic acids is 5. The first-order chi connectivity index (χ1) is 23.7. The highest BCUT2D eigenvalue weighted by Gasteiger charge is 2.51. The molecule has 2 aromatic rings. The molecule has 1 fully saturated rings. The number of ether oxygens (including phenoxy) is 2. The molecular formula is C38H56ClN5O7S. The van der Waals surface area contributed by atoms with E-state index in [1.54, 1.807) is 13.8 Å². The van der Waals surface area contributed by atoms with E-state index in [1.807, 2.05) is 97.0 Å². The molecule has 4 amide bonds. The van der Waals surface area contributed by atoms with Crippen molar-refractivity contribution >= 4 is 53.8 Å². The molecule has 3 rings (SSSR count). The van der Waals surface area contributed by atoms with Crippen LogP contribution in [0, 0.1) is 13.8 Å². The summed E-state index contributed by atoms with van der Waals surface area (Å²) in [4.78, 5) is 69.4. The third-order valence-electron chi connectivity index (χ3n) is 8.39. The number of amides is 4. The van der Waals surface area contributed by atoms with Crippen molar-refractivity contribution in [2.24, 2.45) is 5.73 Å². The van der Waals surface area contributed by atoms with Crippen molar-refractivity contribution in [2.75, 3.05) is 19.0 Å². The number of hydrogen-bond acceptors (Lipinski definition) is 9. The maximum absolute atomic E-state index is 14.7. The number of para-hydroxylation sites is 1. The molecule has 0 aliphatic carbocycles. The molecule has 0 aromatic heterocycles. The van der Waals surface area contributed by atoms with Gasteiger partial charge in [-0.2, -0.15) is 0 Å². The Labute approximate surface area is 318 Å². The van der Waals surface area contributed by atoms with E-state index in [4.69, 9.17) is 15.2 Å². The standard InChI is InChI=1S/C38H55N5O7S.ClH/c1-24-14-13-15-25(2)31(24)49-21-29(45)40-27(20-26-16-11-10-12-17-26)32(50-30(46)19-18-28(44)41-37(6,7)22-39)35(48)43-23-51-38(8,9)33(43)34(47)42-36(3,4)5;/h10-17,27,32-33H,18-23,39H2,1-9H3,(H,40,45)(H,41,44)(H,42,47);1H/t27-,32-,33?;/m0./s1. The Balaban J connectivity index is 0.00000936. The monoisotopic (exact) mass is 761 g/mol. The van der Waals surface area contributed by atoms with Crippen molar-refractivity contribution in [2.45, 2.75) is 116 Å². The Bertz CT molecular complexity index is 1540. The first-order valence-electron chi connectivity index (χ1n) is 17.2. The average Bonchev–Trinajstić information content (AvgIpc) is 3.36. The number of esters is 1. The van der Waals surface area contributed by atoms with Crippen LogP contribution in [-0.2, 0) is 35.1 Å². The van der Waals surface area contributed by atoms with Gasteiger partial charge in [-0.05, 0) is 85.4 Å². The number of carbonyl (C=O) groups is 5. The van der Waals surface area contributed by atoms with Crippen LogP contribution >= 0.6 is 24.2 Å². The van der Waals surface area contributed by atoms with E-state index in [1.165, 1.54) is 16.7 Å². The van der Waals surface area contributed by atoms with Crippen LogP contribution in [0.2, 0.25) is 0 Å². The Morgan fingerprint density at radius 1 is 0.923 bits per heavy atom. The van der Waals surface area contributed by atoms with Gasteiger partial charge in [0.2, 0.25) is 17.9 Å². The number of halogens is 1. The zero-order valence-electron chi connectivity index (χ0n) is 31.8. The molecule has 0 bridgehead atoms. The fourth-order valence-corrected chi connectivity index (χ4v) is 6.88. The minimum Gasteiger partial charge on any atom is -0.483 e. The smallest absolute Gasteiger partial charge is 0.307 e. The number of nitrogens with one attached hydrogen (secondary N) is 3. The van der Waals surface area contributed by atoms with Gasteiger partial charge in [0.25, 0.3) is 11.8 Å². The number of rotatable bonds is 15. The lowest BCUT2D eigenvalue weighted by molar-refractivity contribution is -0.164. The van der Waals surface area contributed by atoms with Gasteiger partial charge in [0, 0.05) is 28.8 Å². The number of benzene rings is 2. The maximum atomic E-state index is 14.7. The van der Waals surface area contributed by atoms with Crippen LogP contribution in [0.5, 0.6) is 5.75 Å². The van der Waals surface area contributed by atoms with Gasteiger partial charge in [0.1, 0.15) is 11.8 Å². The number of nitrogens with zero attached hydrogens (tertiary/aromatic N) is 1. The van der Waals surface area contributed by atoms with Crippen LogP contribution in [0.25, 0.3) is 0 Å². The van der Waals surface area contributed by atoms with Crippen molar-refractivity contribution in [3.63, 3.8) is 0 Å². The highest BCUT2D eigenvalue weighted by Crippen LogP contribution is 2.40. The summed E-state index contributed by atoms with van der Waals surface area (Å²) in [7, 11) is 0. The first-order valence-corrected chi connectivity index (χ1v) is 18.2. The lowest BCUT2D eigenvalue weighted by Crippen LogP contribution is -2.61. The van der Waals surface area contributed by atoms with Crippen LogP contribution in [0.4, 0.5) is 0 Å². The minimum atomic E-state index is -1.54. The Kier molecular flexibility index (Phi) is 16.0. The molecule has 3 atom stereocenters. The second-order valence-electron chi connectivity index (χ2n) is 15.2. The molecule has 1 unspecified atom stereocenters. The topological polar surface area (TPSA) is 169 Å². The zero-order valence-corrected chi connectivity index (χ0v) is 33.4. The molecule has 1 saturated heterocycles. The Hall–Kier alpha value is -3.81. The predicted molar refractivity (Wildman–Crippen MR) is 206 cm³/mol. The fourth-order valence-electron chi connectivity index (χ4n) is 5.74. The molecule has 12 nitrogen and oxygen atoms in total. The summed E-state index contributed by atoms with van der Waals surface area (Å²) in [5, 5.41) is 8.67. The van der Waals surface area contributed by atoms with E-state index < -0.39 is 57.7 Å². The third-order valence-corrected chi connectivity index (χ3v) is 9.76. The van der Waals surface area contributed by atoms with Crippen molar-refractivity contribution in [1.82, 2.24) is 20.9 Å². The van der Waals surface area contributed by atoms with E-state index in [9.17, 15) is 24.0 Å². The second kappa shape index (κ2) is 18.8. The number of hydrogen-bond donors (Lipinski definition) is 4. The summed E-state index contributed by atoms with van der Waals surface area (Å²) in [6.45, 7) is 16.5. The molecule has 0 spiro atoms. The zero-order chi connectivity index (χ0) is 38.1. The molecule has 5 N–H and O–H groups in total. The SMILES string of the molecule is Cc1cccc(C)c1OCC(=O)N[C@@H](Cc1ccccc1)[C@H](OC(=O)CCC(=O)NC(C)(C)CN)C(=O)N1CSC(C)(C)C1C(=O)NC(C)(C)C.Cl. The summed E-state index contributed by atoms with van der Waals surface area (Å²) in [6.07, 6.45) is -1.95. The molecule has 52 heavy (non-hydrogen) atoms. The second-order valence-corrected chi connectivity index (χ2v) is 16.8. The molecule has 2 aromatic carbocycles. The first kappa shape index (κ1) is 44.4. The number of nitrogens with two attached hydrogens (primary N) is 1. The summed E-state index contributed by atoms with van der Waals surface area (Å²) in [5.74, 6) is -2.00. The molecule has 14 heteroatoms. The average molecular weight is 762 g/mol. The Morgan fingerprint density at radius 2 is 1.54 bits per heavy atom. The van der Waals surface area contributed by atoms with E-state index >= 15 is 0 Å². The summed E-state index contributed by atoms with van der Waals surface area (Å²) < 4.78 is 11.2. The van der Waals surface area contributed by atoms with E-state index in [0.717, 1.165) is 16.7 Å². The minimum absolute atomic E-state index is 0. The maximum Gasteiger partial charge on any atom is 0.307 e. The fraction of sp³-hybridized carbons (Fsp3) is 0.553. The van der Waals surface area contributed by atoms with Gasteiger partial charge in [0.15, 0.2) is 6.61 Å². The number of thioether (sulfide) groups is 1. The lowest BCUT2D eigenvalue weighted by atomic mass is 9.96. The van der Waals surface area contributed by atoms with Crippen LogP contribution < -0.4 is 26.4 Å². The van der Waals surface area contributed by atoms with Crippen molar-refractivity contribution in [3.8, 4) is 5.75 Å². The highest BCUT2D eigenvalue weighted by molar-refractivity contribution is 8.00. The molecule has 0 saturated carbocycles. The van der Waals surface area contributed by atoms with Gasteiger partial charge in [-0.15, -0.1) is 24.2 Å². The van der Waals surface area contributed by atoms with E-state index in [0.29, 0.717) is 5.75 Å². The largest absolute Gasteiger partial charge is 0.483 e. The molecular weight excluding hydrogens is 706 g/mol. The summed E-state index contributed by atoms with van der Waals surface area (Å²) in [6, 6.07) is 12.9. The quantitative estimate of drug-likeness (QED) is 0.196. The van der Waals surface area contributed by atoms with Crippen molar-refractivity contribution in [1.29, 1.82) is 0 Å². The molecule has 1 aliphatic heterocycles. The van der Waals surface area contributed by atoms with Gasteiger partial charge >= 0.3 is 5.97 Å². The summed E-state index contributed by atoms with van der Waals surface area (Å²) >= 11 is 1.43. The molecule has 0 radical (unpaired) electrons. The van der Waals surface area contributed by atoms with Gasteiger partial charge in [-0.3, -0.25) is 24.0 Å². The predicted octanol–water partition coefficient (Wildman–Crippen LogP) is 3.97. The van der Waals surface area contributed by atoms with Crippen LogP contribution in [0.1, 0.15) is 78.0 Å². The van der Waals surface area contributed by atoms with Gasteiger partial charge in [-0.1, -0.05) is 48.5 Å². The number of aryl methyl sites for hydroxylation is 2. The van der Waals surface area contributed by atoms with Gasteiger partial charge in [-0.25, -0.2) is 0 Å². The van der Waals surface area contributed by atoms with Crippen molar-refractivity contribution < 1.29 is 33.4 Å². The van der Waals surface area contributed by atoms with Crippen LogP contribution in [0.15, 0.2) is 48.5 Å². The van der Waals surface area contributed by atoms with E-state index in [2.05, 4.69) is 16.0 Å². The van der Waals surface area contributed by atoms with Crippen molar-refractivity contribution in [3.05, 3.63) is 65.2 Å². The van der Waals surface area contributed by atoms with E-state index in [-0.39, 0.29) is 56.6 Å². The molecule has 1 heterocycles. The molecule has 288 valence electrons. The molecule has 1 aliphatic rings. The third kappa shape index (κ3) is 13.0. The normalized spacial score (nSPS) is 16.5. The Morgan fingerprint density at radius 3 is 2.12 bits per heavy atom. The van der Waals surface area contributed by atoms with Crippen LogP contribution in [-0.4, -0.2) is 87.5 Å².